The lowest BCUT2D eigenvalue weighted by atomic mass is 9.92. The van der Waals surface area contributed by atoms with Gasteiger partial charge in [0.05, 0.1) is 23.2 Å². The van der Waals surface area contributed by atoms with Crippen LogP contribution < -0.4 is 10.6 Å². The lowest BCUT2D eigenvalue weighted by molar-refractivity contribution is 0.0988. The number of aromatic amines is 1. The maximum atomic E-state index is 14.5. The quantitative estimate of drug-likeness (QED) is 0.289. The van der Waals surface area contributed by atoms with Crippen LogP contribution >= 0.6 is 0 Å². The van der Waals surface area contributed by atoms with Gasteiger partial charge in [0.15, 0.2) is 0 Å². The summed E-state index contributed by atoms with van der Waals surface area (Å²) < 4.78 is 14.5. The van der Waals surface area contributed by atoms with E-state index in [1.165, 1.54) is 11.6 Å². The van der Waals surface area contributed by atoms with Gasteiger partial charge in [-0.05, 0) is 64.9 Å². The molecule has 1 aromatic heterocycles. The van der Waals surface area contributed by atoms with Gasteiger partial charge in [-0.25, -0.2) is 4.39 Å². The number of aromatic nitrogens is 1. The van der Waals surface area contributed by atoms with Crippen LogP contribution in [0.5, 0.6) is 0 Å². The summed E-state index contributed by atoms with van der Waals surface area (Å²) in [6.45, 7) is 6.57. The standard InChI is InChI=1S/C31H26FN3O2/c1-16(2)18-10-11-22-25(14-18)34-29-23(30(33)36)13-12-21(28(22)29)20-7-5-9-26(17(20)3)35-15-19-6-4-8-24(32)27(19)31(35)37/h4-14,16,34H,15H2,1-3H3,(H2,33,36). The van der Waals surface area contributed by atoms with Crippen LogP contribution in [0.15, 0.2) is 66.7 Å². The molecule has 0 saturated carbocycles. The number of rotatable bonds is 4. The number of nitrogens with one attached hydrogen (secondary N) is 1. The molecule has 0 radical (unpaired) electrons. The molecule has 0 spiro atoms. The number of primary amides is 1. The van der Waals surface area contributed by atoms with Gasteiger partial charge in [0, 0.05) is 22.0 Å². The molecular weight excluding hydrogens is 465 g/mol. The molecule has 4 aromatic carbocycles. The minimum absolute atomic E-state index is 0.137. The van der Waals surface area contributed by atoms with Gasteiger partial charge in [0.25, 0.3) is 11.8 Å². The third-order valence-electron chi connectivity index (χ3n) is 7.48. The van der Waals surface area contributed by atoms with Gasteiger partial charge in [0.2, 0.25) is 0 Å². The topological polar surface area (TPSA) is 79.2 Å². The second-order valence-electron chi connectivity index (χ2n) is 9.97. The van der Waals surface area contributed by atoms with E-state index in [9.17, 15) is 14.0 Å². The number of anilines is 1. The molecule has 184 valence electrons. The summed E-state index contributed by atoms with van der Waals surface area (Å²) in [6.07, 6.45) is 0. The van der Waals surface area contributed by atoms with Crippen molar-refractivity contribution in [1.82, 2.24) is 4.98 Å². The summed E-state index contributed by atoms with van der Waals surface area (Å²) in [5, 5.41) is 1.90. The van der Waals surface area contributed by atoms with E-state index in [0.29, 0.717) is 29.1 Å². The van der Waals surface area contributed by atoms with E-state index < -0.39 is 11.7 Å². The fraction of sp³-hybridized carbons (Fsp3) is 0.161. The van der Waals surface area contributed by atoms with Crippen LogP contribution in [0, 0.1) is 12.7 Å². The van der Waals surface area contributed by atoms with E-state index in [-0.39, 0.29) is 11.5 Å². The number of hydrogen-bond acceptors (Lipinski definition) is 2. The normalized spacial score (nSPS) is 13.2. The first-order valence-electron chi connectivity index (χ1n) is 12.3. The van der Waals surface area contributed by atoms with E-state index >= 15 is 0 Å². The average Bonchev–Trinajstić information content (AvgIpc) is 3.42. The Morgan fingerprint density at radius 1 is 1.03 bits per heavy atom. The zero-order chi connectivity index (χ0) is 26.0. The van der Waals surface area contributed by atoms with Gasteiger partial charge < -0.3 is 15.6 Å². The van der Waals surface area contributed by atoms with Crippen LogP contribution in [0.25, 0.3) is 32.9 Å². The van der Waals surface area contributed by atoms with Crippen LogP contribution in [0.1, 0.15) is 57.2 Å². The van der Waals surface area contributed by atoms with Crippen molar-refractivity contribution in [3.05, 3.63) is 100 Å². The Labute approximate surface area is 213 Å². The van der Waals surface area contributed by atoms with Crippen LogP contribution in [-0.4, -0.2) is 16.8 Å². The molecule has 3 N–H and O–H groups in total. The molecular formula is C31H26FN3O2. The molecule has 6 rings (SSSR count). The maximum Gasteiger partial charge on any atom is 0.261 e. The Morgan fingerprint density at radius 2 is 1.81 bits per heavy atom. The molecule has 5 nitrogen and oxygen atoms in total. The highest BCUT2D eigenvalue weighted by Crippen LogP contribution is 2.41. The van der Waals surface area contributed by atoms with E-state index in [0.717, 1.165) is 38.7 Å². The third kappa shape index (κ3) is 3.44. The molecule has 0 saturated heterocycles. The number of nitrogens with zero attached hydrogens (tertiary/aromatic N) is 1. The number of hydrogen-bond donors (Lipinski definition) is 2. The molecule has 37 heavy (non-hydrogen) atoms. The van der Waals surface area contributed by atoms with Crippen LogP contribution in [-0.2, 0) is 6.54 Å². The number of benzene rings is 4. The Kier molecular flexibility index (Phi) is 5.16. The minimum atomic E-state index is -0.500. The minimum Gasteiger partial charge on any atom is -0.366 e. The van der Waals surface area contributed by atoms with Gasteiger partial charge in [-0.1, -0.05) is 56.3 Å². The fourth-order valence-electron chi connectivity index (χ4n) is 5.54. The third-order valence-corrected chi connectivity index (χ3v) is 7.48. The van der Waals surface area contributed by atoms with E-state index in [4.69, 9.17) is 5.73 Å². The molecule has 2 heterocycles. The Hall–Kier alpha value is -4.45. The lowest BCUT2D eigenvalue weighted by Crippen LogP contribution is -2.24. The van der Waals surface area contributed by atoms with Gasteiger partial charge >= 0.3 is 0 Å². The molecule has 0 atom stereocenters. The van der Waals surface area contributed by atoms with Crippen LogP contribution in [0.4, 0.5) is 10.1 Å². The van der Waals surface area contributed by atoms with Gasteiger partial charge in [0.1, 0.15) is 5.82 Å². The van der Waals surface area contributed by atoms with Crippen molar-refractivity contribution in [3.8, 4) is 11.1 Å². The summed E-state index contributed by atoms with van der Waals surface area (Å²) in [4.78, 5) is 30.6. The zero-order valence-electron chi connectivity index (χ0n) is 20.9. The van der Waals surface area contributed by atoms with E-state index in [1.807, 2.05) is 31.2 Å². The second-order valence-corrected chi connectivity index (χ2v) is 9.97. The van der Waals surface area contributed by atoms with Gasteiger partial charge in [-0.2, -0.15) is 0 Å². The molecule has 1 aliphatic rings. The lowest BCUT2D eigenvalue weighted by Gasteiger charge is -2.21. The van der Waals surface area contributed by atoms with Crippen molar-refractivity contribution in [2.75, 3.05) is 4.90 Å². The van der Waals surface area contributed by atoms with Crippen LogP contribution in [0.2, 0.25) is 0 Å². The maximum absolute atomic E-state index is 14.5. The number of fused-ring (bicyclic) bond motifs is 4. The summed E-state index contributed by atoms with van der Waals surface area (Å²) in [7, 11) is 0. The van der Waals surface area contributed by atoms with Crippen molar-refractivity contribution in [2.45, 2.75) is 33.2 Å². The van der Waals surface area contributed by atoms with Crippen molar-refractivity contribution in [1.29, 1.82) is 0 Å². The average molecular weight is 492 g/mol. The molecule has 0 unspecified atom stereocenters. The highest BCUT2D eigenvalue weighted by molar-refractivity contribution is 6.20. The molecule has 1 aliphatic heterocycles. The first-order valence-corrected chi connectivity index (χ1v) is 12.3. The summed E-state index contributed by atoms with van der Waals surface area (Å²) in [6, 6.07) is 20.5. The summed E-state index contributed by atoms with van der Waals surface area (Å²) in [5.41, 5.74) is 13.3. The molecule has 6 heteroatoms. The second kappa shape index (κ2) is 8.30. The smallest absolute Gasteiger partial charge is 0.261 e. The number of amides is 2. The molecule has 0 fully saturated rings. The number of nitrogens with two attached hydrogens (primary N) is 1. The number of carbonyl (C=O) groups is 2. The van der Waals surface area contributed by atoms with Crippen LogP contribution in [0.3, 0.4) is 0 Å². The first-order chi connectivity index (χ1) is 17.8. The van der Waals surface area contributed by atoms with Crippen molar-refractivity contribution < 1.29 is 14.0 Å². The molecule has 0 aliphatic carbocycles. The predicted octanol–water partition coefficient (Wildman–Crippen LogP) is 6.82. The van der Waals surface area contributed by atoms with E-state index in [2.05, 4.69) is 37.0 Å². The predicted molar refractivity (Wildman–Crippen MR) is 145 cm³/mol. The highest BCUT2D eigenvalue weighted by atomic mass is 19.1. The molecule has 5 aromatic rings. The van der Waals surface area contributed by atoms with Gasteiger partial charge in [-0.3, -0.25) is 9.59 Å². The number of H-pyrrole nitrogens is 1. The number of carbonyl (C=O) groups excluding carboxylic acids is 2. The Morgan fingerprint density at radius 3 is 2.54 bits per heavy atom. The monoisotopic (exact) mass is 491 g/mol. The zero-order valence-corrected chi connectivity index (χ0v) is 20.9. The highest BCUT2D eigenvalue weighted by Gasteiger charge is 2.32. The SMILES string of the molecule is Cc1c(-c2ccc(C(N)=O)c3[nH]c4cc(C(C)C)ccc4c23)cccc1N1Cc2cccc(F)c2C1=O. The van der Waals surface area contributed by atoms with Crippen molar-refractivity contribution >= 4 is 39.3 Å². The summed E-state index contributed by atoms with van der Waals surface area (Å²) in [5.74, 6) is -0.977. The fourth-order valence-corrected chi connectivity index (χ4v) is 5.54. The number of halogens is 1. The molecule has 0 bridgehead atoms. The summed E-state index contributed by atoms with van der Waals surface area (Å²) >= 11 is 0. The largest absolute Gasteiger partial charge is 0.366 e. The van der Waals surface area contributed by atoms with E-state index in [1.54, 1.807) is 23.1 Å². The van der Waals surface area contributed by atoms with Gasteiger partial charge in [-0.15, -0.1) is 0 Å². The van der Waals surface area contributed by atoms with Crippen molar-refractivity contribution in [2.24, 2.45) is 5.73 Å². The molecule has 2 amide bonds. The Balaban J connectivity index is 1.56. The first kappa shape index (κ1) is 23.0. The Bertz CT molecular complexity index is 1770. The van der Waals surface area contributed by atoms with Crippen molar-refractivity contribution in [3.63, 3.8) is 0 Å².